The number of hydrogen-bond donors (Lipinski definition) is 3. The number of amides is 1. The molecule has 0 bridgehead atoms. The number of rotatable bonds is 6. The number of nitrogens with one attached hydrogen (secondary N) is 3. The van der Waals surface area contributed by atoms with Crippen LogP contribution in [0.15, 0.2) is 37.4 Å². The Labute approximate surface area is 164 Å². The van der Waals surface area contributed by atoms with Crippen LogP contribution in [0.5, 0.6) is 0 Å². The second kappa shape index (κ2) is 8.26. The number of aryl methyl sites for hydroxylation is 3. The van der Waals surface area contributed by atoms with Crippen LogP contribution >= 0.6 is 11.8 Å². The maximum Gasteiger partial charge on any atom is 0.325 e. The van der Waals surface area contributed by atoms with Crippen molar-refractivity contribution in [3.8, 4) is 0 Å². The molecule has 1 amide bonds. The maximum atomic E-state index is 12.1. The first-order valence-electron chi connectivity index (χ1n) is 8.46. The van der Waals surface area contributed by atoms with Crippen LogP contribution in [-0.4, -0.2) is 31.8 Å². The van der Waals surface area contributed by atoms with E-state index in [9.17, 15) is 14.4 Å². The van der Waals surface area contributed by atoms with Crippen LogP contribution in [0, 0.1) is 20.8 Å². The number of aromatic nitrogens is 4. The van der Waals surface area contributed by atoms with Crippen molar-refractivity contribution in [3.05, 3.63) is 67.3 Å². The molecule has 28 heavy (non-hydrogen) atoms. The van der Waals surface area contributed by atoms with E-state index in [4.69, 9.17) is 4.42 Å². The van der Waals surface area contributed by atoms with E-state index in [1.165, 1.54) is 0 Å². The van der Waals surface area contributed by atoms with Gasteiger partial charge in [-0.15, -0.1) is 10.2 Å². The van der Waals surface area contributed by atoms with Gasteiger partial charge >= 0.3 is 5.69 Å². The van der Waals surface area contributed by atoms with Crippen LogP contribution in [0.25, 0.3) is 0 Å². The fourth-order valence-corrected chi connectivity index (χ4v) is 3.21. The number of H-pyrrole nitrogens is 2. The monoisotopic (exact) mass is 401 g/mol. The van der Waals surface area contributed by atoms with Gasteiger partial charge in [-0.25, -0.2) is 4.79 Å². The molecule has 9 nitrogen and oxygen atoms in total. The first kappa shape index (κ1) is 19.6. The fraction of sp³-hybridized carbons (Fsp3) is 0.278. The van der Waals surface area contributed by atoms with Gasteiger partial charge in [0, 0.05) is 16.9 Å². The summed E-state index contributed by atoms with van der Waals surface area (Å²) in [6.45, 7) is 5.54. The molecule has 10 heteroatoms. The van der Waals surface area contributed by atoms with E-state index in [-0.39, 0.29) is 29.2 Å². The highest BCUT2D eigenvalue weighted by atomic mass is 32.2. The number of nitrogens with zero attached hydrogens (tertiary/aromatic N) is 2. The first-order chi connectivity index (χ1) is 13.3. The lowest BCUT2D eigenvalue weighted by molar-refractivity contribution is -0.113. The molecule has 1 aromatic carbocycles. The minimum atomic E-state index is -0.567. The molecule has 3 rings (SSSR count). The lowest BCUT2D eigenvalue weighted by Gasteiger charge is -2.08. The summed E-state index contributed by atoms with van der Waals surface area (Å²) in [7, 11) is 0. The lowest BCUT2D eigenvalue weighted by atomic mass is 10.1. The zero-order chi connectivity index (χ0) is 20.3. The van der Waals surface area contributed by atoms with E-state index in [1.807, 2.05) is 32.0 Å². The van der Waals surface area contributed by atoms with Crippen molar-refractivity contribution in [2.24, 2.45) is 0 Å². The molecule has 0 aliphatic heterocycles. The van der Waals surface area contributed by atoms with Crippen LogP contribution < -0.4 is 16.6 Å². The number of anilines is 1. The highest BCUT2D eigenvalue weighted by Gasteiger charge is 2.14. The molecule has 0 radical (unpaired) electrons. The third kappa shape index (κ3) is 4.77. The van der Waals surface area contributed by atoms with Crippen molar-refractivity contribution in [1.82, 2.24) is 20.2 Å². The first-order valence-corrected chi connectivity index (χ1v) is 9.44. The van der Waals surface area contributed by atoms with Gasteiger partial charge in [0.05, 0.1) is 12.2 Å². The van der Waals surface area contributed by atoms with Gasteiger partial charge < -0.3 is 14.7 Å². The summed E-state index contributed by atoms with van der Waals surface area (Å²) < 4.78 is 5.48. The van der Waals surface area contributed by atoms with Gasteiger partial charge in [0.25, 0.3) is 10.8 Å². The van der Waals surface area contributed by atoms with Crippen molar-refractivity contribution >= 4 is 23.4 Å². The van der Waals surface area contributed by atoms with E-state index in [0.29, 0.717) is 11.3 Å². The van der Waals surface area contributed by atoms with Gasteiger partial charge in [0.2, 0.25) is 11.8 Å². The molecule has 3 aromatic rings. The van der Waals surface area contributed by atoms with Gasteiger partial charge in [-0.3, -0.25) is 14.6 Å². The van der Waals surface area contributed by atoms with Gasteiger partial charge in [0.15, 0.2) is 0 Å². The van der Waals surface area contributed by atoms with E-state index >= 15 is 0 Å². The van der Waals surface area contributed by atoms with Crippen molar-refractivity contribution in [2.45, 2.75) is 32.4 Å². The van der Waals surface area contributed by atoms with Crippen LogP contribution in [0.1, 0.15) is 28.3 Å². The summed E-state index contributed by atoms with van der Waals surface area (Å²) in [5.74, 6) is 0.135. The zero-order valence-corrected chi connectivity index (χ0v) is 16.4. The summed E-state index contributed by atoms with van der Waals surface area (Å²) in [6.07, 6.45) is 0.0836. The predicted molar refractivity (Wildman–Crippen MR) is 105 cm³/mol. The third-order valence-corrected chi connectivity index (χ3v) is 4.83. The van der Waals surface area contributed by atoms with Crippen LogP contribution in [0.2, 0.25) is 0 Å². The molecule has 2 aromatic heterocycles. The molecule has 0 spiro atoms. The number of carbonyl (C=O) groups is 1. The smallest absolute Gasteiger partial charge is 0.325 e. The van der Waals surface area contributed by atoms with E-state index in [1.54, 1.807) is 6.92 Å². The predicted octanol–water partition coefficient (Wildman–Crippen LogP) is 1.69. The summed E-state index contributed by atoms with van der Waals surface area (Å²) >= 11 is 1.10. The van der Waals surface area contributed by atoms with E-state index in [0.717, 1.165) is 28.6 Å². The Morgan fingerprint density at radius 3 is 2.68 bits per heavy atom. The van der Waals surface area contributed by atoms with E-state index < -0.39 is 11.2 Å². The third-order valence-electron chi connectivity index (χ3n) is 4.01. The van der Waals surface area contributed by atoms with Gasteiger partial charge in [-0.05, 0) is 32.4 Å². The second-order valence-electron chi connectivity index (χ2n) is 6.31. The number of aromatic amines is 2. The highest BCUT2D eigenvalue weighted by Crippen LogP contribution is 2.20. The standard InChI is InChI=1S/C18H19N5O4S/c1-9-4-5-13(10(2)6-9)20-14(24)8-28-18-23-22-15(27-18)7-12-11(3)19-17(26)21-16(12)25/h4-6H,7-8H2,1-3H3,(H,20,24)(H2,19,21,25,26). The van der Waals surface area contributed by atoms with Crippen LogP contribution in [-0.2, 0) is 11.2 Å². The Morgan fingerprint density at radius 2 is 1.96 bits per heavy atom. The summed E-state index contributed by atoms with van der Waals surface area (Å²) in [6, 6.07) is 5.79. The summed E-state index contributed by atoms with van der Waals surface area (Å²) in [4.78, 5) is 39.9. The molecule has 0 atom stereocenters. The largest absolute Gasteiger partial charge is 0.416 e. The molecule has 0 saturated heterocycles. The normalized spacial score (nSPS) is 10.8. The van der Waals surface area contributed by atoms with Crippen molar-refractivity contribution in [2.75, 3.05) is 11.1 Å². The SMILES string of the molecule is Cc1ccc(NC(=O)CSc2nnc(Cc3c(C)[nH]c(=O)[nH]c3=O)o2)c(C)c1. The number of carbonyl (C=O) groups excluding carboxylic acids is 1. The zero-order valence-electron chi connectivity index (χ0n) is 15.6. The Balaban J connectivity index is 1.60. The maximum absolute atomic E-state index is 12.1. The van der Waals surface area contributed by atoms with Crippen LogP contribution in [0.3, 0.4) is 0 Å². The van der Waals surface area contributed by atoms with Crippen molar-refractivity contribution in [1.29, 1.82) is 0 Å². The Hall–Kier alpha value is -3.14. The molecule has 3 N–H and O–H groups in total. The van der Waals surface area contributed by atoms with Crippen LogP contribution in [0.4, 0.5) is 5.69 Å². The topological polar surface area (TPSA) is 134 Å². The van der Waals surface area contributed by atoms with Crippen molar-refractivity contribution in [3.63, 3.8) is 0 Å². The average Bonchev–Trinajstić information content (AvgIpc) is 3.06. The van der Waals surface area contributed by atoms with Crippen molar-refractivity contribution < 1.29 is 9.21 Å². The highest BCUT2D eigenvalue weighted by molar-refractivity contribution is 7.99. The Bertz CT molecular complexity index is 1130. The second-order valence-corrected chi connectivity index (χ2v) is 7.23. The van der Waals surface area contributed by atoms with Gasteiger partial charge in [-0.2, -0.15) is 0 Å². The fourth-order valence-electron chi connectivity index (χ4n) is 2.63. The minimum Gasteiger partial charge on any atom is -0.416 e. The van der Waals surface area contributed by atoms with E-state index in [2.05, 4.69) is 25.5 Å². The number of hydrogen-bond acceptors (Lipinski definition) is 7. The number of thioether (sulfide) groups is 1. The molecule has 0 saturated carbocycles. The molecule has 0 unspecified atom stereocenters. The van der Waals surface area contributed by atoms with Gasteiger partial charge in [-0.1, -0.05) is 29.5 Å². The molecule has 2 heterocycles. The summed E-state index contributed by atoms with van der Waals surface area (Å²) in [5.41, 5.74) is 2.58. The molecular weight excluding hydrogens is 382 g/mol. The minimum absolute atomic E-state index is 0.0836. The molecular formula is C18H19N5O4S. The quantitative estimate of drug-likeness (QED) is 0.535. The molecule has 0 fully saturated rings. The molecule has 0 aliphatic carbocycles. The number of benzene rings is 1. The summed E-state index contributed by atoms with van der Waals surface area (Å²) in [5, 5.41) is 10.8. The average molecular weight is 401 g/mol. The molecule has 0 aliphatic rings. The lowest BCUT2D eigenvalue weighted by Crippen LogP contribution is -2.27. The Morgan fingerprint density at radius 1 is 1.18 bits per heavy atom. The Kier molecular flexibility index (Phi) is 5.78. The van der Waals surface area contributed by atoms with Gasteiger partial charge in [0.1, 0.15) is 0 Å². The molecule has 146 valence electrons.